The fraction of sp³-hybridized carbons (Fsp3) is 0. The minimum absolute atomic E-state index is 0.754. The summed E-state index contributed by atoms with van der Waals surface area (Å²) in [4.78, 5) is 0. The molecule has 0 aliphatic heterocycles. The molecule has 0 atom stereocenters. The molecule has 0 saturated carbocycles. The Bertz CT molecular complexity index is 616. The molecule has 0 amide bonds. The van der Waals surface area contributed by atoms with Gasteiger partial charge in [0.05, 0.1) is 5.52 Å². The van der Waals surface area contributed by atoms with Crippen molar-refractivity contribution in [2.75, 3.05) is 0 Å². The van der Waals surface area contributed by atoms with E-state index in [2.05, 4.69) is 31.5 Å². The second-order valence-electron chi connectivity index (χ2n) is 2.96. The van der Waals surface area contributed by atoms with Crippen molar-refractivity contribution in [2.45, 2.75) is 0 Å². The lowest BCUT2D eigenvalue weighted by Crippen LogP contribution is -1.91. The highest BCUT2D eigenvalue weighted by Gasteiger charge is 2.04. The third-order valence-electron chi connectivity index (χ3n) is 2.14. The molecule has 0 unspecified atom stereocenters. The van der Waals surface area contributed by atoms with Gasteiger partial charge in [0.1, 0.15) is 0 Å². The number of para-hydroxylation sites is 1. The second kappa shape index (κ2) is 2.75. The number of fused-ring (bicyclic) bond motifs is 3. The van der Waals surface area contributed by atoms with Crippen LogP contribution in [-0.4, -0.2) is 20.0 Å². The van der Waals surface area contributed by atoms with E-state index in [4.69, 9.17) is 0 Å². The Morgan fingerprint density at radius 3 is 3.00 bits per heavy atom. The lowest BCUT2D eigenvalue weighted by atomic mass is 10.2. The van der Waals surface area contributed by atoms with Gasteiger partial charge in [-0.3, -0.25) is 0 Å². The van der Waals surface area contributed by atoms with Crippen molar-refractivity contribution in [3.8, 4) is 0 Å². The summed E-state index contributed by atoms with van der Waals surface area (Å²) in [5.74, 6) is 0. The topological polar surface area (TPSA) is 43.1 Å². The van der Waals surface area contributed by atoms with E-state index in [0.29, 0.717) is 0 Å². The van der Waals surface area contributed by atoms with Crippen LogP contribution in [-0.2, 0) is 0 Å². The van der Waals surface area contributed by atoms with Crippen LogP contribution in [0.5, 0.6) is 0 Å². The van der Waals surface area contributed by atoms with Crippen LogP contribution in [0.25, 0.3) is 16.6 Å². The Balaban J connectivity index is 2.67. The number of aromatic nitrogens is 4. The molecule has 0 aliphatic carbocycles. The third kappa shape index (κ3) is 0.957. The molecule has 0 radical (unpaired) electrons. The molecule has 3 rings (SSSR count). The summed E-state index contributed by atoms with van der Waals surface area (Å²) in [5.41, 5.74) is 1.75. The quantitative estimate of drug-likeness (QED) is 0.612. The zero-order chi connectivity index (χ0) is 9.54. The van der Waals surface area contributed by atoms with Gasteiger partial charge >= 0.3 is 0 Å². The normalized spacial score (nSPS) is 11.2. The third-order valence-corrected chi connectivity index (χ3v) is 2.78. The van der Waals surface area contributed by atoms with Gasteiger partial charge in [-0.2, -0.15) is 4.52 Å². The molecule has 0 fully saturated rings. The van der Waals surface area contributed by atoms with Crippen molar-refractivity contribution in [1.29, 1.82) is 0 Å². The number of hydrogen-bond acceptors (Lipinski definition) is 3. The Morgan fingerprint density at radius 1 is 1.14 bits per heavy atom. The first kappa shape index (κ1) is 7.87. The Labute approximate surface area is 87.7 Å². The second-order valence-corrected chi connectivity index (χ2v) is 3.81. The van der Waals surface area contributed by atoms with Crippen LogP contribution in [0, 0.1) is 0 Å². The monoisotopic (exact) mass is 248 g/mol. The number of halogens is 1. The van der Waals surface area contributed by atoms with E-state index in [0.717, 1.165) is 21.0 Å². The van der Waals surface area contributed by atoms with Gasteiger partial charge in [-0.05, 0) is 44.6 Å². The van der Waals surface area contributed by atoms with Crippen molar-refractivity contribution in [1.82, 2.24) is 20.0 Å². The number of nitrogens with zero attached hydrogens (tertiary/aromatic N) is 4. The van der Waals surface area contributed by atoms with Gasteiger partial charge in [-0.25, -0.2) is 0 Å². The van der Waals surface area contributed by atoms with Crippen LogP contribution >= 0.6 is 15.9 Å². The summed E-state index contributed by atoms with van der Waals surface area (Å²) < 4.78 is 2.72. The van der Waals surface area contributed by atoms with E-state index in [9.17, 15) is 0 Å². The van der Waals surface area contributed by atoms with Gasteiger partial charge in [-0.1, -0.05) is 12.1 Å². The van der Waals surface area contributed by atoms with Crippen LogP contribution in [0.15, 0.2) is 34.8 Å². The minimum atomic E-state index is 0.754. The van der Waals surface area contributed by atoms with Crippen molar-refractivity contribution < 1.29 is 0 Å². The lowest BCUT2D eigenvalue weighted by molar-refractivity contribution is 0.841. The summed E-state index contributed by atoms with van der Waals surface area (Å²) in [5, 5.41) is 12.6. The Kier molecular flexibility index (Phi) is 1.55. The number of tetrazole rings is 1. The Hall–Kier alpha value is -1.49. The predicted octanol–water partition coefficient (Wildman–Crippen LogP) is 2.04. The molecule has 14 heavy (non-hydrogen) atoms. The highest BCUT2D eigenvalue weighted by Crippen LogP contribution is 2.23. The lowest BCUT2D eigenvalue weighted by Gasteiger charge is -2.00. The van der Waals surface area contributed by atoms with Gasteiger partial charge in [0, 0.05) is 9.86 Å². The highest BCUT2D eigenvalue weighted by atomic mass is 79.9. The molecule has 68 valence electrons. The molecule has 0 N–H and O–H groups in total. The van der Waals surface area contributed by atoms with Crippen LogP contribution in [0.3, 0.4) is 0 Å². The summed E-state index contributed by atoms with van der Waals surface area (Å²) in [6.45, 7) is 0. The van der Waals surface area contributed by atoms with E-state index in [-0.39, 0.29) is 0 Å². The van der Waals surface area contributed by atoms with E-state index in [1.54, 1.807) is 4.52 Å². The molecule has 1 aromatic carbocycles. The first-order valence-corrected chi connectivity index (χ1v) is 4.91. The van der Waals surface area contributed by atoms with Gasteiger partial charge < -0.3 is 0 Å². The summed E-state index contributed by atoms with van der Waals surface area (Å²) >= 11 is 3.49. The maximum atomic E-state index is 3.93. The van der Waals surface area contributed by atoms with Crippen LogP contribution in [0.2, 0.25) is 0 Å². The number of pyridine rings is 1. The summed E-state index contributed by atoms with van der Waals surface area (Å²) in [6.07, 6.45) is 0. The van der Waals surface area contributed by atoms with Gasteiger partial charge in [0.15, 0.2) is 5.65 Å². The molecule has 2 aromatic heterocycles. The average molecular weight is 249 g/mol. The highest BCUT2D eigenvalue weighted by molar-refractivity contribution is 9.10. The van der Waals surface area contributed by atoms with E-state index >= 15 is 0 Å². The molecule has 3 aromatic rings. The van der Waals surface area contributed by atoms with Crippen molar-refractivity contribution in [3.05, 3.63) is 34.8 Å². The fourth-order valence-electron chi connectivity index (χ4n) is 1.51. The van der Waals surface area contributed by atoms with Gasteiger partial charge in [-0.15, -0.1) is 5.10 Å². The smallest absolute Gasteiger partial charge is 0.180 e. The molecular weight excluding hydrogens is 244 g/mol. The van der Waals surface area contributed by atoms with E-state index in [1.165, 1.54) is 0 Å². The fourth-order valence-corrected chi connectivity index (χ4v) is 2.06. The molecule has 5 heteroatoms. The average Bonchev–Trinajstić information content (AvgIpc) is 2.65. The van der Waals surface area contributed by atoms with E-state index < -0.39 is 0 Å². The first-order chi connectivity index (χ1) is 6.86. The molecule has 4 nitrogen and oxygen atoms in total. The SMILES string of the molecule is Brc1cccc2ccc3nnnn3c12. The van der Waals surface area contributed by atoms with Crippen molar-refractivity contribution in [2.24, 2.45) is 0 Å². The molecule has 0 aliphatic rings. The van der Waals surface area contributed by atoms with Crippen LogP contribution < -0.4 is 0 Å². The molecule has 0 saturated heterocycles. The zero-order valence-electron chi connectivity index (χ0n) is 7.05. The molecule has 0 bridgehead atoms. The van der Waals surface area contributed by atoms with Crippen molar-refractivity contribution in [3.63, 3.8) is 0 Å². The maximum absolute atomic E-state index is 3.93. The molecule has 0 spiro atoms. The standard InChI is InChI=1S/C9H5BrN4/c10-7-3-1-2-6-4-5-8-11-12-13-14(8)9(6)7/h1-5H. The van der Waals surface area contributed by atoms with Gasteiger partial charge in [0.2, 0.25) is 0 Å². The largest absolute Gasteiger partial charge is 0.192 e. The van der Waals surface area contributed by atoms with Crippen LogP contribution in [0.1, 0.15) is 0 Å². The molecule has 2 heterocycles. The van der Waals surface area contributed by atoms with Gasteiger partial charge in [0.25, 0.3) is 0 Å². The summed E-state index contributed by atoms with van der Waals surface area (Å²) in [7, 11) is 0. The maximum Gasteiger partial charge on any atom is 0.180 e. The molecular formula is C9H5BrN4. The first-order valence-electron chi connectivity index (χ1n) is 4.11. The number of benzene rings is 1. The Morgan fingerprint density at radius 2 is 2.07 bits per heavy atom. The predicted molar refractivity (Wildman–Crippen MR) is 56.0 cm³/mol. The number of rotatable bonds is 0. The van der Waals surface area contributed by atoms with E-state index in [1.807, 2.05) is 30.3 Å². The number of hydrogen-bond donors (Lipinski definition) is 0. The van der Waals surface area contributed by atoms with Crippen LogP contribution in [0.4, 0.5) is 0 Å². The minimum Gasteiger partial charge on any atom is -0.192 e. The summed E-state index contributed by atoms with van der Waals surface area (Å²) in [6, 6.07) is 9.90. The zero-order valence-corrected chi connectivity index (χ0v) is 8.64. The van der Waals surface area contributed by atoms with Crippen molar-refractivity contribution >= 4 is 32.5 Å².